The number of nitrogens with zero attached hydrogens (tertiary/aromatic N) is 5. The second-order valence-electron chi connectivity index (χ2n) is 14.0. The monoisotopic (exact) mass is 699 g/mol. The number of aromatic nitrogens is 3. The van der Waals surface area contributed by atoms with Crippen LogP contribution in [0.1, 0.15) is 5.56 Å². The zero-order valence-electron chi connectivity index (χ0n) is 29.5. The first-order valence-electron chi connectivity index (χ1n) is 18.3. The van der Waals surface area contributed by atoms with E-state index < -0.39 is 0 Å². The first-order chi connectivity index (χ1) is 27.2. The quantitative estimate of drug-likeness (QED) is 0.169. The molecule has 0 unspecified atom stereocenters. The summed E-state index contributed by atoms with van der Waals surface area (Å²) in [6.07, 6.45) is 0. The van der Waals surface area contributed by atoms with Crippen molar-refractivity contribution in [3.8, 4) is 34.3 Å². The predicted molar refractivity (Wildman–Crippen MR) is 226 cm³/mol. The van der Waals surface area contributed by atoms with E-state index >= 15 is 0 Å². The highest BCUT2D eigenvalue weighted by atomic mass is 15.1. The van der Waals surface area contributed by atoms with Gasteiger partial charge in [-0.2, -0.15) is 5.26 Å². The lowest BCUT2D eigenvalue weighted by atomic mass is 10.0. The summed E-state index contributed by atoms with van der Waals surface area (Å²) in [5.74, 6) is 0. The molecule has 8 aromatic carbocycles. The minimum Gasteiger partial charge on any atom is -0.310 e. The molecule has 0 atom stereocenters. The highest BCUT2D eigenvalue weighted by Gasteiger charge is 2.21. The summed E-state index contributed by atoms with van der Waals surface area (Å²) in [5, 5.41) is 16.8. The summed E-state index contributed by atoms with van der Waals surface area (Å²) < 4.78 is 7.00. The molecule has 11 aromatic rings. The summed E-state index contributed by atoms with van der Waals surface area (Å²) in [6.45, 7) is 7.88. The minimum atomic E-state index is 0.594. The molecule has 0 amide bonds. The Hall–Kier alpha value is -7.86. The third kappa shape index (κ3) is 4.45. The number of rotatable bonds is 4. The largest absolute Gasteiger partial charge is 0.310 e. The lowest BCUT2D eigenvalue weighted by molar-refractivity contribution is 1.13. The van der Waals surface area contributed by atoms with Crippen molar-refractivity contribution in [1.82, 2.24) is 13.7 Å². The van der Waals surface area contributed by atoms with Gasteiger partial charge in [0.1, 0.15) is 0 Å². The average molecular weight is 700 g/mol. The summed E-state index contributed by atoms with van der Waals surface area (Å²) in [7, 11) is 0. The van der Waals surface area contributed by atoms with Crippen LogP contribution >= 0.6 is 0 Å². The van der Waals surface area contributed by atoms with Crippen molar-refractivity contribution in [3.05, 3.63) is 193 Å². The number of nitriles is 1. The van der Waals surface area contributed by atoms with Crippen LogP contribution in [0.15, 0.2) is 176 Å². The van der Waals surface area contributed by atoms with Crippen molar-refractivity contribution >= 4 is 71.1 Å². The fourth-order valence-electron chi connectivity index (χ4n) is 8.74. The standard InChI is InChI=1S/C50H29N5/c1-52-34-24-27-36(49(30-34)55-45-18-8-4-13-39(45)40-14-5-9-19-46(40)55)33-22-25-35(26-23-33)53-47-28-21-32(31-51)29-42(47)41-15-10-20-48(50(41)53)54-43-16-6-2-11-37(43)38-12-3-7-17-44(38)54/h2-30H. The van der Waals surface area contributed by atoms with Gasteiger partial charge in [0.2, 0.25) is 0 Å². The third-order valence-corrected chi connectivity index (χ3v) is 11.1. The van der Waals surface area contributed by atoms with Crippen molar-refractivity contribution < 1.29 is 0 Å². The second kappa shape index (κ2) is 11.8. The van der Waals surface area contributed by atoms with Crippen molar-refractivity contribution in [2.45, 2.75) is 0 Å². The fourth-order valence-corrected chi connectivity index (χ4v) is 8.74. The van der Waals surface area contributed by atoms with Crippen LogP contribution in [0.5, 0.6) is 0 Å². The van der Waals surface area contributed by atoms with Crippen LogP contribution in [-0.2, 0) is 0 Å². The van der Waals surface area contributed by atoms with E-state index in [0.29, 0.717) is 11.3 Å². The summed E-state index contributed by atoms with van der Waals surface area (Å²) in [4.78, 5) is 3.83. The van der Waals surface area contributed by atoms with E-state index in [1.54, 1.807) is 0 Å². The van der Waals surface area contributed by atoms with E-state index in [2.05, 4.69) is 176 Å². The first-order valence-corrected chi connectivity index (χ1v) is 18.3. The third-order valence-electron chi connectivity index (χ3n) is 11.1. The Kier molecular flexibility index (Phi) is 6.61. The maximum atomic E-state index is 9.94. The van der Waals surface area contributed by atoms with Gasteiger partial charge in [0, 0.05) is 49.3 Å². The van der Waals surface area contributed by atoms with E-state index in [9.17, 15) is 5.26 Å². The molecule has 0 saturated heterocycles. The molecule has 0 aliphatic heterocycles. The molecule has 0 bridgehead atoms. The van der Waals surface area contributed by atoms with Crippen LogP contribution in [0.25, 0.3) is 98.5 Å². The van der Waals surface area contributed by atoms with Crippen molar-refractivity contribution in [3.63, 3.8) is 0 Å². The molecule has 5 heteroatoms. The summed E-state index contributed by atoms with van der Waals surface area (Å²) >= 11 is 0. The van der Waals surface area contributed by atoms with Gasteiger partial charge in [0.15, 0.2) is 5.69 Å². The average Bonchev–Trinajstić information content (AvgIpc) is 3.89. The molecule has 0 radical (unpaired) electrons. The molecule has 3 aromatic heterocycles. The van der Waals surface area contributed by atoms with Gasteiger partial charge in [0.25, 0.3) is 0 Å². The van der Waals surface area contributed by atoms with Gasteiger partial charge in [-0.3, -0.25) is 0 Å². The Morgan fingerprint density at radius 2 is 0.964 bits per heavy atom. The highest BCUT2D eigenvalue weighted by Crippen LogP contribution is 2.41. The van der Waals surface area contributed by atoms with Crippen LogP contribution in [0.3, 0.4) is 0 Å². The van der Waals surface area contributed by atoms with E-state index in [-0.39, 0.29) is 0 Å². The van der Waals surface area contributed by atoms with Crippen LogP contribution < -0.4 is 0 Å². The van der Waals surface area contributed by atoms with Gasteiger partial charge < -0.3 is 13.7 Å². The normalized spacial score (nSPS) is 11.6. The number of benzene rings is 8. The number of hydrogen-bond donors (Lipinski definition) is 0. The smallest absolute Gasteiger partial charge is 0.189 e. The molecular formula is C50H29N5. The van der Waals surface area contributed by atoms with E-state index in [0.717, 1.165) is 72.1 Å². The summed E-state index contributed by atoms with van der Waals surface area (Å²) in [6, 6.07) is 63.7. The van der Waals surface area contributed by atoms with E-state index in [1.165, 1.54) is 21.5 Å². The Morgan fingerprint density at radius 1 is 0.436 bits per heavy atom. The Balaban J connectivity index is 1.16. The number of para-hydroxylation sites is 5. The second-order valence-corrected chi connectivity index (χ2v) is 14.0. The fraction of sp³-hybridized carbons (Fsp3) is 0. The van der Waals surface area contributed by atoms with Crippen molar-refractivity contribution in [2.24, 2.45) is 0 Å². The van der Waals surface area contributed by atoms with Gasteiger partial charge in [-0.1, -0.05) is 109 Å². The van der Waals surface area contributed by atoms with Gasteiger partial charge in [0.05, 0.1) is 57.0 Å². The van der Waals surface area contributed by atoms with Gasteiger partial charge in [-0.15, -0.1) is 0 Å². The minimum absolute atomic E-state index is 0.594. The van der Waals surface area contributed by atoms with Crippen LogP contribution in [0.4, 0.5) is 5.69 Å². The summed E-state index contributed by atoms with van der Waals surface area (Å²) in [5.41, 5.74) is 12.9. The maximum absolute atomic E-state index is 9.94. The lowest BCUT2D eigenvalue weighted by Gasteiger charge is -2.17. The molecule has 0 N–H and O–H groups in total. The Morgan fingerprint density at radius 3 is 1.53 bits per heavy atom. The maximum Gasteiger partial charge on any atom is 0.189 e. The van der Waals surface area contributed by atoms with Crippen molar-refractivity contribution in [2.75, 3.05) is 0 Å². The highest BCUT2D eigenvalue weighted by molar-refractivity contribution is 6.15. The molecule has 55 heavy (non-hydrogen) atoms. The molecule has 0 aliphatic rings. The first kappa shape index (κ1) is 30.7. The van der Waals surface area contributed by atoms with Crippen LogP contribution in [-0.4, -0.2) is 13.7 Å². The molecule has 0 aliphatic carbocycles. The lowest BCUT2D eigenvalue weighted by Crippen LogP contribution is -2.01. The molecule has 11 rings (SSSR count). The Bertz CT molecular complexity index is 3350. The molecule has 3 heterocycles. The molecule has 254 valence electrons. The molecule has 5 nitrogen and oxygen atoms in total. The van der Waals surface area contributed by atoms with Crippen LogP contribution in [0, 0.1) is 17.9 Å². The molecule has 0 saturated carbocycles. The number of fused-ring (bicyclic) bond motifs is 9. The zero-order chi connectivity index (χ0) is 36.6. The molecule has 0 spiro atoms. The van der Waals surface area contributed by atoms with E-state index in [1.807, 2.05) is 24.3 Å². The Labute approximate surface area is 316 Å². The number of hydrogen-bond acceptors (Lipinski definition) is 1. The van der Waals surface area contributed by atoms with Gasteiger partial charge in [-0.05, 0) is 72.3 Å². The van der Waals surface area contributed by atoms with Crippen LogP contribution in [0.2, 0.25) is 0 Å². The molecule has 0 fully saturated rings. The zero-order valence-corrected chi connectivity index (χ0v) is 29.5. The van der Waals surface area contributed by atoms with Crippen molar-refractivity contribution in [1.29, 1.82) is 5.26 Å². The van der Waals surface area contributed by atoms with Gasteiger partial charge in [-0.25, -0.2) is 4.85 Å². The van der Waals surface area contributed by atoms with E-state index in [4.69, 9.17) is 6.57 Å². The van der Waals surface area contributed by atoms with Gasteiger partial charge >= 0.3 is 0 Å². The SMILES string of the molecule is [C-]#[N+]c1ccc(-c2ccc(-n3c4ccc(C#N)cc4c4cccc(-n5c6ccccc6c6ccccc65)c43)cc2)c(-n2c3ccccc3c3ccccc32)c1. The topological polar surface area (TPSA) is 42.9 Å². The molecular weight excluding hydrogens is 671 g/mol. The predicted octanol–water partition coefficient (Wildman–Crippen LogP) is 13.1.